The Morgan fingerprint density at radius 2 is 1.76 bits per heavy atom. The zero-order valence-corrected chi connectivity index (χ0v) is 12.4. The summed E-state index contributed by atoms with van der Waals surface area (Å²) in [5.41, 5.74) is 1.57. The van der Waals surface area contributed by atoms with Gasteiger partial charge in [-0.3, -0.25) is 4.79 Å². The first-order valence-electron chi connectivity index (χ1n) is 6.91. The molecule has 110 valence electrons. The van der Waals surface area contributed by atoms with Crippen molar-refractivity contribution in [3.63, 3.8) is 0 Å². The second-order valence-corrected chi connectivity index (χ2v) is 5.22. The van der Waals surface area contributed by atoms with Crippen molar-refractivity contribution in [3.8, 4) is 0 Å². The van der Waals surface area contributed by atoms with Gasteiger partial charge in [-0.2, -0.15) is 0 Å². The fourth-order valence-corrected chi connectivity index (χ4v) is 2.45. The van der Waals surface area contributed by atoms with Gasteiger partial charge in [-0.05, 0) is 24.1 Å². The van der Waals surface area contributed by atoms with Crippen LogP contribution in [0.1, 0.15) is 28.3 Å². The third-order valence-corrected chi connectivity index (χ3v) is 3.71. The summed E-state index contributed by atoms with van der Waals surface area (Å²) in [7, 11) is 0. The first-order chi connectivity index (χ1) is 10.2. The van der Waals surface area contributed by atoms with Crippen LogP contribution in [0.5, 0.6) is 0 Å². The lowest BCUT2D eigenvalue weighted by atomic mass is 9.96. The Bertz CT molecular complexity index is 586. The summed E-state index contributed by atoms with van der Waals surface area (Å²) in [6.45, 7) is 0.552. The molecule has 2 N–H and O–H groups in total. The highest BCUT2D eigenvalue weighted by molar-refractivity contribution is 6.33. The van der Waals surface area contributed by atoms with Gasteiger partial charge in [0.15, 0.2) is 0 Å². The molecule has 0 saturated carbocycles. The predicted molar refractivity (Wildman–Crippen MR) is 84.7 cm³/mol. The highest BCUT2D eigenvalue weighted by atomic mass is 35.5. The van der Waals surface area contributed by atoms with Crippen molar-refractivity contribution >= 4 is 17.5 Å². The molecule has 0 heterocycles. The van der Waals surface area contributed by atoms with E-state index in [2.05, 4.69) is 5.32 Å². The number of nitrogens with one attached hydrogen (secondary N) is 1. The molecule has 0 aliphatic rings. The van der Waals surface area contributed by atoms with Gasteiger partial charge in [0.1, 0.15) is 0 Å². The Hall–Kier alpha value is -1.84. The van der Waals surface area contributed by atoms with Crippen LogP contribution >= 0.6 is 11.6 Å². The average molecular weight is 304 g/mol. The minimum absolute atomic E-state index is 0.0848. The molecule has 3 nitrogen and oxygen atoms in total. The van der Waals surface area contributed by atoms with Gasteiger partial charge >= 0.3 is 0 Å². The standard InChI is InChI=1S/C17H18ClNO2/c18-16-9-5-4-8-15(16)17(21)19-12-14(10-11-20)13-6-2-1-3-7-13/h1-9,14,20H,10-12H2,(H,19,21). The molecule has 0 aliphatic heterocycles. The number of aliphatic hydroxyl groups excluding tert-OH is 1. The number of carbonyl (C=O) groups is 1. The van der Waals surface area contributed by atoms with E-state index in [4.69, 9.17) is 11.6 Å². The third kappa shape index (κ3) is 4.31. The van der Waals surface area contributed by atoms with Crippen LogP contribution in [0.15, 0.2) is 54.6 Å². The van der Waals surface area contributed by atoms with Crippen LogP contribution in [0.2, 0.25) is 5.02 Å². The van der Waals surface area contributed by atoms with Crippen LogP contribution in [-0.4, -0.2) is 24.2 Å². The van der Waals surface area contributed by atoms with Gasteiger partial charge in [-0.25, -0.2) is 0 Å². The van der Waals surface area contributed by atoms with Crippen molar-refractivity contribution in [1.82, 2.24) is 5.32 Å². The minimum Gasteiger partial charge on any atom is -0.396 e. The summed E-state index contributed by atoms with van der Waals surface area (Å²) in [5, 5.41) is 12.5. The third-order valence-electron chi connectivity index (χ3n) is 3.38. The molecule has 1 unspecified atom stereocenters. The highest BCUT2D eigenvalue weighted by Gasteiger charge is 2.14. The number of hydrogen-bond acceptors (Lipinski definition) is 2. The van der Waals surface area contributed by atoms with Gasteiger partial charge in [0.2, 0.25) is 0 Å². The minimum atomic E-state index is -0.195. The van der Waals surface area contributed by atoms with E-state index in [9.17, 15) is 9.90 Å². The fraction of sp³-hybridized carbons (Fsp3) is 0.235. The fourth-order valence-electron chi connectivity index (χ4n) is 2.22. The summed E-state index contributed by atoms with van der Waals surface area (Å²) in [4.78, 5) is 12.1. The van der Waals surface area contributed by atoms with E-state index in [-0.39, 0.29) is 18.4 Å². The summed E-state index contributed by atoms with van der Waals surface area (Å²) in [6, 6.07) is 16.8. The zero-order valence-electron chi connectivity index (χ0n) is 11.6. The molecular formula is C17H18ClNO2. The monoisotopic (exact) mass is 303 g/mol. The van der Waals surface area contributed by atoms with E-state index in [1.807, 2.05) is 30.3 Å². The Kier molecular flexibility index (Phi) is 5.78. The van der Waals surface area contributed by atoms with Crippen molar-refractivity contribution in [2.24, 2.45) is 0 Å². The number of benzene rings is 2. The Morgan fingerprint density at radius 3 is 2.43 bits per heavy atom. The number of halogens is 1. The molecule has 1 atom stereocenters. The first kappa shape index (κ1) is 15.5. The van der Waals surface area contributed by atoms with Crippen molar-refractivity contribution < 1.29 is 9.90 Å². The van der Waals surface area contributed by atoms with Crippen LogP contribution < -0.4 is 5.32 Å². The molecule has 2 aromatic carbocycles. The molecule has 0 fully saturated rings. The highest BCUT2D eigenvalue weighted by Crippen LogP contribution is 2.19. The van der Waals surface area contributed by atoms with E-state index in [1.54, 1.807) is 24.3 Å². The van der Waals surface area contributed by atoms with Crippen molar-refractivity contribution in [2.45, 2.75) is 12.3 Å². The quantitative estimate of drug-likeness (QED) is 0.861. The molecule has 2 rings (SSSR count). The van der Waals surface area contributed by atoms with Crippen molar-refractivity contribution in [2.75, 3.05) is 13.2 Å². The number of hydrogen-bond donors (Lipinski definition) is 2. The molecule has 0 spiro atoms. The molecule has 4 heteroatoms. The Balaban J connectivity index is 2.02. The van der Waals surface area contributed by atoms with Gasteiger partial charge in [0.25, 0.3) is 5.91 Å². The second-order valence-electron chi connectivity index (χ2n) is 4.81. The summed E-state index contributed by atoms with van der Waals surface area (Å²) >= 11 is 6.01. The maximum atomic E-state index is 12.1. The van der Waals surface area contributed by atoms with E-state index < -0.39 is 0 Å². The molecular weight excluding hydrogens is 286 g/mol. The van der Waals surface area contributed by atoms with Crippen molar-refractivity contribution in [1.29, 1.82) is 0 Å². The van der Waals surface area contributed by atoms with Gasteiger partial charge < -0.3 is 10.4 Å². The van der Waals surface area contributed by atoms with E-state index in [0.29, 0.717) is 23.6 Å². The molecule has 0 radical (unpaired) electrons. The molecule has 0 aliphatic carbocycles. The van der Waals surface area contributed by atoms with Crippen LogP contribution in [0.4, 0.5) is 0 Å². The lowest BCUT2D eigenvalue weighted by Crippen LogP contribution is -2.29. The molecule has 21 heavy (non-hydrogen) atoms. The average Bonchev–Trinajstić information content (AvgIpc) is 2.52. The van der Waals surface area contributed by atoms with Gasteiger partial charge in [0, 0.05) is 19.1 Å². The number of rotatable bonds is 6. The summed E-state index contributed by atoms with van der Waals surface area (Å²) in [5.74, 6) is -0.109. The topological polar surface area (TPSA) is 49.3 Å². The molecule has 2 aromatic rings. The van der Waals surface area contributed by atoms with Gasteiger partial charge in [0.05, 0.1) is 10.6 Å². The Morgan fingerprint density at radius 1 is 1.10 bits per heavy atom. The zero-order chi connectivity index (χ0) is 15.1. The smallest absolute Gasteiger partial charge is 0.252 e. The van der Waals surface area contributed by atoms with E-state index >= 15 is 0 Å². The van der Waals surface area contributed by atoms with E-state index in [0.717, 1.165) is 5.56 Å². The summed E-state index contributed by atoms with van der Waals surface area (Å²) < 4.78 is 0. The van der Waals surface area contributed by atoms with Crippen LogP contribution in [0.25, 0.3) is 0 Å². The van der Waals surface area contributed by atoms with Crippen LogP contribution in [-0.2, 0) is 0 Å². The van der Waals surface area contributed by atoms with E-state index in [1.165, 1.54) is 0 Å². The number of amides is 1. The molecule has 1 amide bonds. The largest absolute Gasteiger partial charge is 0.396 e. The number of aliphatic hydroxyl groups is 1. The SMILES string of the molecule is O=C(NCC(CCO)c1ccccc1)c1ccccc1Cl. The molecule has 0 bridgehead atoms. The van der Waals surface area contributed by atoms with Gasteiger partial charge in [-0.1, -0.05) is 54.1 Å². The van der Waals surface area contributed by atoms with Gasteiger partial charge in [-0.15, -0.1) is 0 Å². The Labute approximate surface area is 129 Å². The first-order valence-corrected chi connectivity index (χ1v) is 7.28. The summed E-state index contributed by atoms with van der Waals surface area (Å²) in [6.07, 6.45) is 0.604. The maximum absolute atomic E-state index is 12.1. The molecule has 0 aromatic heterocycles. The predicted octanol–water partition coefficient (Wildman–Crippen LogP) is 3.24. The lowest BCUT2D eigenvalue weighted by Gasteiger charge is -2.17. The number of carbonyl (C=O) groups excluding carboxylic acids is 1. The lowest BCUT2D eigenvalue weighted by molar-refractivity contribution is 0.0949. The van der Waals surface area contributed by atoms with Crippen LogP contribution in [0.3, 0.4) is 0 Å². The normalized spacial score (nSPS) is 11.9. The molecule has 0 saturated heterocycles. The van der Waals surface area contributed by atoms with Crippen LogP contribution in [0, 0.1) is 0 Å². The maximum Gasteiger partial charge on any atom is 0.252 e. The van der Waals surface area contributed by atoms with Crippen molar-refractivity contribution in [3.05, 3.63) is 70.7 Å². The second kappa shape index (κ2) is 7.81.